The molecule has 0 spiro atoms. The highest BCUT2D eigenvalue weighted by Crippen LogP contribution is 2.48. The van der Waals surface area contributed by atoms with Crippen LogP contribution >= 0.6 is 0 Å². The molecule has 2 amide bonds. The monoisotopic (exact) mass is 430 g/mol. The van der Waals surface area contributed by atoms with Crippen molar-refractivity contribution >= 4 is 17.5 Å². The van der Waals surface area contributed by atoms with Crippen molar-refractivity contribution in [1.29, 1.82) is 0 Å². The summed E-state index contributed by atoms with van der Waals surface area (Å²) in [5.74, 6) is -0.980. The van der Waals surface area contributed by atoms with E-state index < -0.39 is 17.8 Å². The van der Waals surface area contributed by atoms with Gasteiger partial charge in [-0.3, -0.25) is 9.59 Å². The maximum Gasteiger partial charge on any atom is 0.254 e. The number of ether oxygens (including phenoxy) is 1. The lowest BCUT2D eigenvalue weighted by molar-refractivity contribution is -0.119. The van der Waals surface area contributed by atoms with Gasteiger partial charge in [-0.15, -0.1) is 0 Å². The van der Waals surface area contributed by atoms with Crippen LogP contribution in [0.1, 0.15) is 46.3 Å². The summed E-state index contributed by atoms with van der Waals surface area (Å²) >= 11 is 0. The van der Waals surface area contributed by atoms with E-state index in [0.29, 0.717) is 16.9 Å². The van der Waals surface area contributed by atoms with Crippen molar-refractivity contribution in [2.45, 2.75) is 30.8 Å². The molecule has 5 nitrogen and oxygen atoms in total. The molecule has 1 saturated carbocycles. The number of carbonyl (C=O) groups is 2. The Morgan fingerprint density at radius 3 is 2.53 bits per heavy atom. The quantitative estimate of drug-likeness (QED) is 0.625. The van der Waals surface area contributed by atoms with Crippen molar-refractivity contribution in [3.05, 3.63) is 95.3 Å². The molecule has 1 fully saturated rings. The summed E-state index contributed by atoms with van der Waals surface area (Å²) in [6.45, 7) is 0. The zero-order valence-corrected chi connectivity index (χ0v) is 17.6. The maximum atomic E-state index is 14.3. The fourth-order valence-electron chi connectivity index (χ4n) is 4.54. The summed E-state index contributed by atoms with van der Waals surface area (Å²) < 4.78 is 19.7. The molecule has 0 saturated heterocycles. The zero-order chi connectivity index (χ0) is 22.2. The molecule has 2 atom stereocenters. The number of methoxy groups -OCH3 is 1. The summed E-state index contributed by atoms with van der Waals surface area (Å²) in [7, 11) is 1.58. The van der Waals surface area contributed by atoms with Gasteiger partial charge in [-0.05, 0) is 54.3 Å². The first-order valence-corrected chi connectivity index (χ1v) is 10.7. The minimum atomic E-state index is -0.698. The van der Waals surface area contributed by atoms with Crippen molar-refractivity contribution in [2.75, 3.05) is 12.4 Å². The lowest BCUT2D eigenvalue weighted by Gasteiger charge is -2.42. The van der Waals surface area contributed by atoms with Gasteiger partial charge in [0, 0.05) is 11.6 Å². The molecule has 2 aliphatic rings. The molecule has 3 aromatic carbocycles. The fraction of sp³-hybridized carbons (Fsp3) is 0.231. The van der Waals surface area contributed by atoms with Gasteiger partial charge in [0.25, 0.3) is 5.91 Å². The van der Waals surface area contributed by atoms with Crippen LogP contribution in [0.15, 0.2) is 72.8 Å². The highest BCUT2D eigenvalue weighted by Gasteiger charge is 2.49. The van der Waals surface area contributed by atoms with Gasteiger partial charge in [0.05, 0.1) is 24.8 Å². The average Bonchev–Trinajstić information content (AvgIpc) is 3.65. The van der Waals surface area contributed by atoms with Crippen molar-refractivity contribution in [3.63, 3.8) is 0 Å². The Bertz CT molecular complexity index is 1190. The molecule has 6 heteroatoms. The van der Waals surface area contributed by atoms with Crippen LogP contribution < -0.4 is 10.1 Å². The standard InChI is InChI=1S/C26H23FN2O3/c1-32-18-8-6-7-16(15-18)24-23(25(30)28-22-12-5-4-11-21(22)27)19-9-2-3-10-20(19)26(31)29(24)17-13-14-17/h2-12,15,17,23-24H,13-14H2,1H3,(H,28,30). The molecule has 32 heavy (non-hydrogen) atoms. The molecular weight excluding hydrogens is 407 g/mol. The first-order valence-electron chi connectivity index (χ1n) is 10.7. The maximum absolute atomic E-state index is 14.3. The van der Waals surface area contributed by atoms with E-state index in [1.807, 2.05) is 41.3 Å². The normalized spacial score (nSPS) is 19.9. The number of amides is 2. The number of fused-ring (bicyclic) bond motifs is 1. The summed E-state index contributed by atoms with van der Waals surface area (Å²) in [6, 6.07) is 20.3. The highest BCUT2D eigenvalue weighted by atomic mass is 19.1. The van der Waals surface area contributed by atoms with Crippen LogP contribution in [0.4, 0.5) is 10.1 Å². The molecule has 5 rings (SSSR count). The molecule has 0 aromatic heterocycles. The fourth-order valence-corrected chi connectivity index (χ4v) is 4.54. The Kier molecular flexibility index (Phi) is 5.13. The number of hydrogen-bond acceptors (Lipinski definition) is 3. The number of hydrogen-bond donors (Lipinski definition) is 1. The number of nitrogens with one attached hydrogen (secondary N) is 1. The molecule has 0 radical (unpaired) electrons. The molecular formula is C26H23FN2O3. The lowest BCUT2D eigenvalue weighted by Crippen LogP contribution is -2.47. The van der Waals surface area contributed by atoms with E-state index in [1.165, 1.54) is 12.1 Å². The van der Waals surface area contributed by atoms with Crippen molar-refractivity contribution in [2.24, 2.45) is 0 Å². The van der Waals surface area contributed by atoms with Gasteiger partial charge in [-0.25, -0.2) is 4.39 Å². The van der Waals surface area contributed by atoms with Crippen molar-refractivity contribution < 1.29 is 18.7 Å². The van der Waals surface area contributed by atoms with E-state index in [4.69, 9.17) is 4.74 Å². The average molecular weight is 430 g/mol. The second kappa shape index (κ2) is 8.11. The Morgan fingerprint density at radius 2 is 1.78 bits per heavy atom. The number of halogens is 1. The number of carbonyl (C=O) groups excluding carboxylic acids is 2. The van der Waals surface area contributed by atoms with Crippen LogP contribution in [0.2, 0.25) is 0 Å². The molecule has 1 heterocycles. The third kappa shape index (κ3) is 3.51. The van der Waals surface area contributed by atoms with Crippen LogP contribution in [-0.4, -0.2) is 29.9 Å². The van der Waals surface area contributed by atoms with Gasteiger partial charge in [-0.1, -0.05) is 42.5 Å². The first-order chi connectivity index (χ1) is 15.6. The Hall–Kier alpha value is -3.67. The zero-order valence-electron chi connectivity index (χ0n) is 17.6. The van der Waals surface area contributed by atoms with Gasteiger partial charge in [0.2, 0.25) is 5.91 Å². The number of benzene rings is 3. The third-order valence-electron chi connectivity index (χ3n) is 6.17. The SMILES string of the molecule is COc1cccc(C2C(C(=O)Nc3ccccc3F)c3ccccc3C(=O)N2C2CC2)c1. The highest BCUT2D eigenvalue weighted by molar-refractivity contribution is 6.04. The van der Waals surface area contributed by atoms with E-state index in [-0.39, 0.29) is 23.5 Å². The predicted octanol–water partition coefficient (Wildman–Crippen LogP) is 4.92. The molecule has 1 aliphatic carbocycles. The molecule has 3 aromatic rings. The number of para-hydroxylation sites is 1. The smallest absolute Gasteiger partial charge is 0.254 e. The van der Waals surface area contributed by atoms with E-state index >= 15 is 0 Å². The van der Waals surface area contributed by atoms with Gasteiger partial charge in [0.1, 0.15) is 11.6 Å². The number of rotatable bonds is 5. The van der Waals surface area contributed by atoms with Crippen molar-refractivity contribution in [3.8, 4) is 5.75 Å². The van der Waals surface area contributed by atoms with E-state index in [9.17, 15) is 14.0 Å². The number of nitrogens with zero attached hydrogens (tertiary/aromatic N) is 1. The second-order valence-electron chi connectivity index (χ2n) is 8.20. The Morgan fingerprint density at radius 1 is 1.03 bits per heavy atom. The largest absolute Gasteiger partial charge is 0.497 e. The van der Waals surface area contributed by atoms with Crippen LogP contribution in [0, 0.1) is 5.82 Å². The van der Waals surface area contributed by atoms with Gasteiger partial charge in [-0.2, -0.15) is 0 Å². The molecule has 2 unspecified atom stereocenters. The van der Waals surface area contributed by atoms with E-state index in [1.54, 1.807) is 31.4 Å². The summed E-state index contributed by atoms with van der Waals surface area (Å²) in [6.07, 6.45) is 1.80. The summed E-state index contributed by atoms with van der Waals surface area (Å²) in [5, 5.41) is 2.76. The molecule has 1 aliphatic heterocycles. The van der Waals surface area contributed by atoms with Crippen molar-refractivity contribution in [1.82, 2.24) is 4.90 Å². The topological polar surface area (TPSA) is 58.6 Å². The summed E-state index contributed by atoms with van der Waals surface area (Å²) in [4.78, 5) is 29.0. The predicted molar refractivity (Wildman–Crippen MR) is 119 cm³/mol. The van der Waals surface area contributed by atoms with E-state index in [0.717, 1.165) is 18.4 Å². The Labute approximate surface area is 185 Å². The van der Waals surface area contributed by atoms with Crippen LogP contribution in [-0.2, 0) is 4.79 Å². The third-order valence-corrected chi connectivity index (χ3v) is 6.17. The number of anilines is 1. The Balaban J connectivity index is 1.65. The van der Waals surface area contributed by atoms with Gasteiger partial charge < -0.3 is 15.0 Å². The van der Waals surface area contributed by atoms with Gasteiger partial charge >= 0.3 is 0 Å². The van der Waals surface area contributed by atoms with E-state index in [2.05, 4.69) is 5.32 Å². The molecule has 0 bridgehead atoms. The molecule has 162 valence electrons. The lowest BCUT2D eigenvalue weighted by atomic mass is 9.79. The summed E-state index contributed by atoms with van der Waals surface area (Å²) in [5.41, 5.74) is 2.10. The van der Waals surface area contributed by atoms with Gasteiger partial charge in [0.15, 0.2) is 0 Å². The van der Waals surface area contributed by atoms with Crippen LogP contribution in [0.3, 0.4) is 0 Å². The molecule has 1 N–H and O–H groups in total. The first kappa shape index (κ1) is 20.2. The van der Waals surface area contributed by atoms with Crippen LogP contribution in [0.25, 0.3) is 0 Å². The minimum absolute atomic E-state index is 0.0779. The minimum Gasteiger partial charge on any atom is -0.497 e. The second-order valence-corrected chi connectivity index (χ2v) is 8.20. The van der Waals surface area contributed by atoms with Crippen LogP contribution in [0.5, 0.6) is 5.75 Å².